The van der Waals surface area contributed by atoms with Gasteiger partial charge in [0.1, 0.15) is 24.4 Å². The summed E-state index contributed by atoms with van der Waals surface area (Å²) in [5.41, 5.74) is 3.85. The molecule has 4 aromatic rings. The van der Waals surface area contributed by atoms with Gasteiger partial charge in [-0.25, -0.2) is 0 Å². The molecule has 0 spiro atoms. The lowest BCUT2D eigenvalue weighted by molar-refractivity contribution is -0.235. The zero-order chi connectivity index (χ0) is 29.5. The Labute approximate surface area is 253 Å². The van der Waals surface area contributed by atoms with Crippen LogP contribution >= 0.6 is 0 Å². The quantitative estimate of drug-likeness (QED) is 0.144. The average Bonchev–Trinajstić information content (AvgIpc) is 3.61. The van der Waals surface area contributed by atoms with Crippen molar-refractivity contribution in [2.75, 3.05) is 13.2 Å². The molecule has 1 heterocycles. The van der Waals surface area contributed by atoms with Crippen LogP contribution in [0.3, 0.4) is 0 Å². The molecule has 0 bridgehead atoms. The van der Waals surface area contributed by atoms with Crippen LogP contribution in [0.5, 0.6) is 0 Å². The van der Waals surface area contributed by atoms with Crippen LogP contribution in [0.1, 0.15) is 22.3 Å². The van der Waals surface area contributed by atoms with Crippen LogP contribution in [0.25, 0.3) is 0 Å². The first-order valence-electron chi connectivity index (χ1n) is 14.6. The van der Waals surface area contributed by atoms with Gasteiger partial charge in [-0.05, 0) is 22.3 Å². The maximum Gasteiger partial charge on any atom is 0.186 e. The maximum atomic E-state index is 12.7. The molecule has 43 heavy (non-hydrogen) atoms. The van der Waals surface area contributed by atoms with Gasteiger partial charge in [0.2, 0.25) is 0 Å². The topological polar surface area (TPSA) is 72.5 Å². The number of rotatable bonds is 17. The lowest BCUT2D eigenvalue weighted by Gasteiger charge is -2.37. The van der Waals surface area contributed by atoms with Crippen molar-refractivity contribution in [1.29, 1.82) is 0 Å². The van der Waals surface area contributed by atoms with Gasteiger partial charge in [0.15, 0.2) is 12.6 Å². The largest absolute Gasteiger partial charge is 0.368 e. The van der Waals surface area contributed by atoms with E-state index in [0.717, 1.165) is 28.5 Å². The van der Waals surface area contributed by atoms with Gasteiger partial charge in [-0.2, -0.15) is 0 Å². The van der Waals surface area contributed by atoms with Crippen molar-refractivity contribution in [3.63, 3.8) is 0 Å². The number of hydrogen-bond donors (Lipinski definition) is 0. The summed E-state index contributed by atoms with van der Waals surface area (Å²) in [5.74, 6) is 0. The van der Waals surface area contributed by atoms with Gasteiger partial charge in [0.25, 0.3) is 0 Å². The van der Waals surface area contributed by atoms with E-state index in [9.17, 15) is 4.79 Å². The monoisotopic (exact) mass is 582 g/mol. The van der Waals surface area contributed by atoms with E-state index in [1.54, 1.807) is 0 Å². The van der Waals surface area contributed by atoms with E-state index in [0.29, 0.717) is 19.8 Å². The Bertz CT molecular complexity index is 1320. The molecule has 1 aliphatic heterocycles. The van der Waals surface area contributed by atoms with Crippen LogP contribution < -0.4 is 0 Å². The second-order valence-corrected chi connectivity index (χ2v) is 10.3. The highest BCUT2D eigenvalue weighted by Gasteiger charge is 2.44. The molecule has 4 aromatic carbocycles. The molecule has 5 rings (SSSR count). The predicted octanol–water partition coefficient (Wildman–Crippen LogP) is 5.90. The Balaban J connectivity index is 1.46. The van der Waals surface area contributed by atoms with Crippen molar-refractivity contribution in [2.45, 2.75) is 57.1 Å². The fourth-order valence-electron chi connectivity index (χ4n) is 4.93. The average molecular weight is 583 g/mol. The van der Waals surface area contributed by atoms with Gasteiger partial charge >= 0.3 is 0 Å². The molecule has 0 unspecified atom stereocenters. The van der Waals surface area contributed by atoms with Crippen LogP contribution in [0, 0.1) is 0 Å². The fourth-order valence-corrected chi connectivity index (χ4v) is 4.93. The van der Waals surface area contributed by atoms with Crippen molar-refractivity contribution in [2.24, 2.45) is 0 Å². The van der Waals surface area contributed by atoms with Gasteiger partial charge in [-0.3, -0.25) is 0 Å². The van der Waals surface area contributed by atoms with Crippen molar-refractivity contribution >= 4 is 6.29 Å². The molecule has 1 fully saturated rings. The SMILES string of the molecule is O=C[C@@H](OCc1ccccc1)[C@H](OCc1ccccc1)[C@@H](OCc1ccccc1)[C@@H](OCc1ccccc1)C1OCCO1. The van der Waals surface area contributed by atoms with Gasteiger partial charge in [0, 0.05) is 0 Å². The number of aldehydes is 1. The van der Waals surface area contributed by atoms with E-state index in [4.69, 9.17) is 28.4 Å². The number of ether oxygens (including phenoxy) is 6. The van der Waals surface area contributed by atoms with Crippen LogP contribution in [0.4, 0.5) is 0 Å². The molecule has 1 aliphatic rings. The molecular weight excluding hydrogens is 544 g/mol. The van der Waals surface area contributed by atoms with E-state index in [-0.39, 0.29) is 19.8 Å². The number of carbonyl (C=O) groups excluding carboxylic acids is 1. The molecule has 0 N–H and O–H groups in total. The van der Waals surface area contributed by atoms with Gasteiger partial charge < -0.3 is 33.2 Å². The first kappa shape index (κ1) is 30.8. The summed E-state index contributed by atoms with van der Waals surface area (Å²) in [7, 11) is 0. The Kier molecular flexibility index (Phi) is 12.0. The highest BCUT2D eigenvalue weighted by molar-refractivity contribution is 5.57. The normalized spacial score (nSPS) is 16.4. The molecule has 7 nitrogen and oxygen atoms in total. The molecule has 0 radical (unpaired) electrons. The molecule has 4 atom stereocenters. The minimum Gasteiger partial charge on any atom is -0.368 e. The maximum absolute atomic E-state index is 12.7. The molecule has 0 saturated carbocycles. The second kappa shape index (κ2) is 16.8. The first-order valence-corrected chi connectivity index (χ1v) is 14.6. The van der Waals surface area contributed by atoms with Crippen molar-refractivity contribution in [3.05, 3.63) is 144 Å². The molecule has 0 aliphatic carbocycles. The Morgan fingerprint density at radius 1 is 0.535 bits per heavy atom. The summed E-state index contributed by atoms with van der Waals surface area (Å²) in [5, 5.41) is 0. The Hall–Kier alpha value is -3.69. The van der Waals surface area contributed by atoms with Gasteiger partial charge in [-0.15, -0.1) is 0 Å². The molecule has 224 valence electrons. The smallest absolute Gasteiger partial charge is 0.186 e. The minimum absolute atomic E-state index is 0.229. The molecular formula is C36H38O7. The fraction of sp³-hybridized carbons (Fsp3) is 0.306. The number of benzene rings is 4. The zero-order valence-corrected chi connectivity index (χ0v) is 24.1. The van der Waals surface area contributed by atoms with Crippen LogP contribution in [0.2, 0.25) is 0 Å². The highest BCUT2D eigenvalue weighted by Crippen LogP contribution is 2.27. The lowest BCUT2D eigenvalue weighted by atomic mass is 10.0. The number of hydrogen-bond acceptors (Lipinski definition) is 7. The van der Waals surface area contributed by atoms with Crippen molar-refractivity contribution in [3.8, 4) is 0 Å². The van der Waals surface area contributed by atoms with Crippen LogP contribution in [-0.4, -0.2) is 50.2 Å². The lowest BCUT2D eigenvalue weighted by Crippen LogP contribution is -2.54. The summed E-state index contributed by atoms with van der Waals surface area (Å²) in [6.07, 6.45) is -3.26. The standard InChI is InChI=1S/C36H38O7/c37-23-32(40-24-28-13-5-1-6-14-28)33(41-25-29-15-7-2-8-16-29)34(42-26-30-17-9-3-10-18-30)35(36-38-21-22-39-36)43-27-31-19-11-4-12-20-31/h1-20,23,32-36H,21-22,24-27H2/t32-,33+,34-,35-/m1/s1. The molecule has 7 heteroatoms. The van der Waals surface area contributed by atoms with Crippen LogP contribution in [0.15, 0.2) is 121 Å². The summed E-state index contributed by atoms with van der Waals surface area (Å²) in [6.45, 7) is 1.89. The van der Waals surface area contributed by atoms with Gasteiger partial charge in [0.05, 0.1) is 39.6 Å². The van der Waals surface area contributed by atoms with E-state index >= 15 is 0 Å². The summed E-state index contributed by atoms with van der Waals surface area (Å²) in [4.78, 5) is 12.7. The van der Waals surface area contributed by atoms with Crippen LogP contribution in [-0.2, 0) is 59.6 Å². The zero-order valence-electron chi connectivity index (χ0n) is 24.1. The molecule has 1 saturated heterocycles. The van der Waals surface area contributed by atoms with Crippen molar-refractivity contribution < 1.29 is 33.2 Å². The Morgan fingerprint density at radius 2 is 0.907 bits per heavy atom. The predicted molar refractivity (Wildman–Crippen MR) is 162 cm³/mol. The van der Waals surface area contributed by atoms with E-state index in [1.165, 1.54) is 0 Å². The van der Waals surface area contributed by atoms with E-state index in [1.807, 2.05) is 121 Å². The summed E-state index contributed by atoms with van der Waals surface area (Å²) >= 11 is 0. The third-order valence-corrected chi connectivity index (χ3v) is 7.16. The Morgan fingerprint density at radius 3 is 1.33 bits per heavy atom. The second-order valence-electron chi connectivity index (χ2n) is 10.3. The van der Waals surface area contributed by atoms with Crippen molar-refractivity contribution in [1.82, 2.24) is 0 Å². The molecule has 0 aromatic heterocycles. The summed E-state index contributed by atoms with van der Waals surface area (Å²) in [6, 6.07) is 39.3. The number of carbonyl (C=O) groups is 1. The third-order valence-electron chi connectivity index (χ3n) is 7.16. The van der Waals surface area contributed by atoms with E-state index in [2.05, 4.69) is 0 Å². The molecule has 0 amide bonds. The third kappa shape index (κ3) is 9.40. The van der Waals surface area contributed by atoms with Gasteiger partial charge in [-0.1, -0.05) is 121 Å². The summed E-state index contributed by atoms with van der Waals surface area (Å²) < 4.78 is 37.9. The first-order chi connectivity index (χ1) is 21.3. The highest BCUT2D eigenvalue weighted by atomic mass is 16.7. The van der Waals surface area contributed by atoms with E-state index < -0.39 is 30.7 Å². The minimum atomic E-state index is -0.964.